The molecule has 0 saturated carbocycles. The van der Waals surface area contributed by atoms with Gasteiger partial charge in [0.05, 0.1) is 11.9 Å². The molecule has 0 unspecified atom stereocenters. The number of carbonyl (C=O) groups excluding carboxylic acids is 1. The van der Waals surface area contributed by atoms with Crippen LogP contribution in [0.3, 0.4) is 0 Å². The topological polar surface area (TPSA) is 121 Å². The van der Waals surface area contributed by atoms with Crippen LogP contribution in [0.15, 0.2) is 70.4 Å². The third-order valence-corrected chi connectivity index (χ3v) is 5.21. The second-order valence-electron chi connectivity index (χ2n) is 7.59. The number of allylic oxidation sites excluding steroid dienone is 1. The lowest BCUT2D eigenvalue weighted by Gasteiger charge is -2.08. The van der Waals surface area contributed by atoms with E-state index in [1.54, 1.807) is 42.6 Å². The fraction of sp³-hybridized carbons (Fsp3) is 0.125. The van der Waals surface area contributed by atoms with E-state index in [1.807, 2.05) is 0 Å². The van der Waals surface area contributed by atoms with Gasteiger partial charge in [0.1, 0.15) is 29.4 Å². The number of aromatic hydroxyl groups is 1. The molecule has 0 saturated heterocycles. The Morgan fingerprint density at radius 2 is 1.74 bits per heavy atom. The van der Waals surface area contributed by atoms with Crippen LogP contribution in [0.4, 0.5) is 4.39 Å². The van der Waals surface area contributed by atoms with Gasteiger partial charge < -0.3 is 9.84 Å². The molecular weight excluding hydrogens is 457 g/mol. The minimum atomic E-state index is -0.875. The third kappa shape index (κ3) is 4.93. The fourth-order valence-electron chi connectivity index (χ4n) is 3.22. The average molecular weight is 477 g/mol. The van der Waals surface area contributed by atoms with Crippen molar-refractivity contribution >= 4 is 11.9 Å². The van der Waals surface area contributed by atoms with Crippen molar-refractivity contribution in [2.24, 2.45) is 14.1 Å². The Balaban J connectivity index is 1.40. The highest BCUT2D eigenvalue weighted by Gasteiger charge is 2.19. The van der Waals surface area contributed by atoms with Crippen molar-refractivity contribution < 1.29 is 19.0 Å². The molecule has 10 nitrogen and oxygen atoms in total. The Morgan fingerprint density at radius 1 is 1.06 bits per heavy atom. The van der Waals surface area contributed by atoms with Gasteiger partial charge in [-0.05, 0) is 48.0 Å². The number of hydrogen-bond donors (Lipinski definition) is 1. The van der Waals surface area contributed by atoms with E-state index in [-0.39, 0.29) is 12.4 Å². The van der Waals surface area contributed by atoms with E-state index < -0.39 is 28.5 Å². The van der Waals surface area contributed by atoms with Gasteiger partial charge >= 0.3 is 5.69 Å². The second kappa shape index (κ2) is 9.59. The van der Waals surface area contributed by atoms with Crippen LogP contribution < -0.4 is 16.0 Å². The van der Waals surface area contributed by atoms with Crippen LogP contribution in [0.25, 0.3) is 11.8 Å². The Hall–Kier alpha value is -4.80. The SMILES string of the molecule is Cn1c(O)c(C(=O)/C=C/c2ccc(OCc3cn(-c4ccc(F)cc4)nn3)cc2)c(=O)n(C)c1=O. The molecule has 35 heavy (non-hydrogen) atoms. The van der Waals surface area contributed by atoms with E-state index in [0.29, 0.717) is 22.7 Å². The van der Waals surface area contributed by atoms with E-state index in [0.717, 1.165) is 15.2 Å². The Morgan fingerprint density at radius 3 is 2.43 bits per heavy atom. The maximum absolute atomic E-state index is 13.1. The van der Waals surface area contributed by atoms with Crippen molar-refractivity contribution in [1.82, 2.24) is 24.1 Å². The minimum absolute atomic E-state index is 0.157. The van der Waals surface area contributed by atoms with Gasteiger partial charge in [0.25, 0.3) is 5.56 Å². The molecule has 0 aliphatic heterocycles. The van der Waals surface area contributed by atoms with E-state index in [4.69, 9.17) is 4.74 Å². The highest BCUT2D eigenvalue weighted by molar-refractivity contribution is 6.08. The summed E-state index contributed by atoms with van der Waals surface area (Å²) in [5.41, 5.74) is -0.210. The quantitative estimate of drug-likeness (QED) is 0.319. The number of halogens is 1. The first-order valence-electron chi connectivity index (χ1n) is 10.4. The third-order valence-electron chi connectivity index (χ3n) is 5.21. The van der Waals surface area contributed by atoms with Crippen LogP contribution in [-0.4, -0.2) is 35.0 Å². The zero-order valence-corrected chi connectivity index (χ0v) is 18.8. The minimum Gasteiger partial charge on any atom is -0.494 e. The molecule has 11 heteroatoms. The molecule has 2 aromatic carbocycles. The van der Waals surface area contributed by atoms with Crippen molar-refractivity contribution in [1.29, 1.82) is 0 Å². The summed E-state index contributed by atoms with van der Waals surface area (Å²) in [6, 6.07) is 12.6. The number of ketones is 1. The van der Waals surface area contributed by atoms with Crippen LogP contribution >= 0.6 is 0 Å². The first-order valence-corrected chi connectivity index (χ1v) is 10.4. The summed E-state index contributed by atoms with van der Waals surface area (Å²) in [7, 11) is 2.49. The average Bonchev–Trinajstić information content (AvgIpc) is 3.34. The van der Waals surface area contributed by atoms with Crippen LogP contribution in [0, 0.1) is 5.82 Å². The summed E-state index contributed by atoms with van der Waals surface area (Å²) < 4.78 is 21.9. The standard InChI is InChI=1S/C24H20FN5O5/c1-28-22(32)21(23(33)29(2)24(28)34)20(31)12-5-15-3-10-19(11-4-15)35-14-17-13-30(27-26-17)18-8-6-16(25)7-9-18/h3-13,32H,14H2,1-2H3/b12-5+. The zero-order chi connectivity index (χ0) is 25.1. The van der Waals surface area contributed by atoms with Crippen LogP contribution in [0.5, 0.6) is 11.6 Å². The predicted molar refractivity (Wildman–Crippen MR) is 124 cm³/mol. The van der Waals surface area contributed by atoms with E-state index >= 15 is 0 Å². The molecule has 178 valence electrons. The molecule has 4 aromatic rings. The number of hydrogen-bond acceptors (Lipinski definition) is 7. The van der Waals surface area contributed by atoms with Crippen molar-refractivity contribution in [3.05, 3.63) is 104 Å². The highest BCUT2D eigenvalue weighted by Crippen LogP contribution is 2.16. The van der Waals surface area contributed by atoms with E-state index in [2.05, 4.69) is 10.3 Å². The fourth-order valence-corrected chi connectivity index (χ4v) is 3.22. The number of carbonyl (C=O) groups is 1. The molecule has 1 N–H and O–H groups in total. The number of benzene rings is 2. The van der Waals surface area contributed by atoms with E-state index in [1.165, 1.54) is 37.0 Å². The molecule has 0 atom stereocenters. The molecular formula is C24H20FN5O5. The Labute approximate surface area is 197 Å². The van der Waals surface area contributed by atoms with Gasteiger partial charge in [-0.2, -0.15) is 0 Å². The molecule has 0 spiro atoms. The molecule has 2 heterocycles. The zero-order valence-electron chi connectivity index (χ0n) is 18.8. The van der Waals surface area contributed by atoms with Gasteiger partial charge in [-0.15, -0.1) is 5.10 Å². The number of ether oxygens (including phenoxy) is 1. The summed E-state index contributed by atoms with van der Waals surface area (Å²) in [6.45, 7) is 0.157. The van der Waals surface area contributed by atoms with Crippen molar-refractivity contribution in [2.75, 3.05) is 0 Å². The predicted octanol–water partition coefficient (Wildman–Crippen LogP) is 1.98. The Kier molecular flexibility index (Phi) is 6.40. The van der Waals surface area contributed by atoms with Crippen molar-refractivity contribution in [3.63, 3.8) is 0 Å². The molecule has 0 aliphatic carbocycles. The van der Waals surface area contributed by atoms with Gasteiger partial charge in [0.15, 0.2) is 5.78 Å². The van der Waals surface area contributed by atoms with Gasteiger partial charge in [-0.1, -0.05) is 23.4 Å². The molecule has 0 radical (unpaired) electrons. The monoisotopic (exact) mass is 477 g/mol. The first-order chi connectivity index (χ1) is 16.7. The lowest BCUT2D eigenvalue weighted by molar-refractivity contribution is 0.104. The molecule has 0 fully saturated rings. The summed E-state index contributed by atoms with van der Waals surface area (Å²) in [4.78, 5) is 36.5. The van der Waals surface area contributed by atoms with Crippen LogP contribution in [0.1, 0.15) is 21.6 Å². The van der Waals surface area contributed by atoms with Crippen molar-refractivity contribution in [3.8, 4) is 17.3 Å². The maximum Gasteiger partial charge on any atom is 0.333 e. The largest absolute Gasteiger partial charge is 0.494 e. The van der Waals surface area contributed by atoms with Gasteiger partial charge in [0, 0.05) is 14.1 Å². The molecule has 0 amide bonds. The summed E-state index contributed by atoms with van der Waals surface area (Å²) in [5, 5.41) is 18.1. The number of nitrogens with zero attached hydrogens (tertiary/aromatic N) is 5. The summed E-state index contributed by atoms with van der Waals surface area (Å²) >= 11 is 0. The Bertz CT molecular complexity index is 1530. The number of aromatic nitrogens is 5. The molecule has 4 rings (SSSR count). The lowest BCUT2D eigenvalue weighted by atomic mass is 10.1. The smallest absolute Gasteiger partial charge is 0.333 e. The summed E-state index contributed by atoms with van der Waals surface area (Å²) in [6.07, 6.45) is 4.30. The lowest BCUT2D eigenvalue weighted by Crippen LogP contribution is -2.39. The van der Waals surface area contributed by atoms with Crippen LogP contribution in [0.2, 0.25) is 0 Å². The van der Waals surface area contributed by atoms with E-state index in [9.17, 15) is 23.9 Å². The summed E-state index contributed by atoms with van der Waals surface area (Å²) in [5.74, 6) is -1.21. The van der Waals surface area contributed by atoms with Crippen LogP contribution in [-0.2, 0) is 20.7 Å². The first kappa shape index (κ1) is 23.4. The van der Waals surface area contributed by atoms with Gasteiger partial charge in [-0.3, -0.25) is 18.7 Å². The second-order valence-corrected chi connectivity index (χ2v) is 7.59. The van der Waals surface area contributed by atoms with Crippen molar-refractivity contribution in [2.45, 2.75) is 6.61 Å². The molecule has 2 aromatic heterocycles. The molecule has 0 aliphatic rings. The van der Waals surface area contributed by atoms with Gasteiger partial charge in [0.2, 0.25) is 5.88 Å². The highest BCUT2D eigenvalue weighted by atomic mass is 19.1. The number of rotatable bonds is 7. The molecule has 0 bridgehead atoms. The normalized spacial score (nSPS) is 11.2. The maximum atomic E-state index is 13.1. The van der Waals surface area contributed by atoms with Gasteiger partial charge in [-0.25, -0.2) is 13.9 Å².